The zero-order valence-corrected chi connectivity index (χ0v) is 23.5. The van der Waals surface area contributed by atoms with Gasteiger partial charge < -0.3 is 14.0 Å². The number of amides is 1. The van der Waals surface area contributed by atoms with E-state index in [0.29, 0.717) is 35.5 Å². The number of aromatic nitrogens is 3. The molecule has 2 aromatic carbocycles. The van der Waals surface area contributed by atoms with E-state index in [1.54, 1.807) is 52.2 Å². The molecule has 4 rings (SSSR count). The van der Waals surface area contributed by atoms with Gasteiger partial charge in [-0.25, -0.2) is 13.4 Å². The molecule has 0 atom stereocenters. The van der Waals surface area contributed by atoms with Gasteiger partial charge in [0.1, 0.15) is 17.3 Å². The van der Waals surface area contributed by atoms with Gasteiger partial charge in [-0.05, 0) is 37.5 Å². The second-order valence-corrected chi connectivity index (χ2v) is 11.2. The molecule has 0 fully saturated rings. The third-order valence-electron chi connectivity index (χ3n) is 6.26. The van der Waals surface area contributed by atoms with E-state index in [9.17, 15) is 13.2 Å². The average molecular weight is 556 g/mol. The molecule has 200 valence electrons. The van der Waals surface area contributed by atoms with Crippen molar-refractivity contribution in [2.45, 2.75) is 45.1 Å². The second-order valence-electron chi connectivity index (χ2n) is 9.21. The van der Waals surface area contributed by atoms with Crippen LogP contribution in [0.5, 0.6) is 0 Å². The normalized spacial score (nSPS) is 11.5. The maximum absolute atomic E-state index is 13.3. The minimum absolute atomic E-state index is 0.123. The van der Waals surface area contributed by atoms with Gasteiger partial charge in [-0.1, -0.05) is 66.1 Å². The van der Waals surface area contributed by atoms with E-state index in [2.05, 4.69) is 14.9 Å². The molecule has 1 N–H and O–H groups in total. The van der Waals surface area contributed by atoms with Gasteiger partial charge in [-0.2, -0.15) is 0 Å². The number of imidazole rings is 1. The number of halogens is 1. The number of hydrogen-bond donors (Lipinski definition) is 1. The number of carbonyl (C=O) groups excluding carboxylic acids is 1. The Labute approximate surface area is 227 Å². The van der Waals surface area contributed by atoms with Gasteiger partial charge >= 0.3 is 0 Å². The lowest BCUT2D eigenvalue weighted by Gasteiger charge is -2.16. The molecule has 0 radical (unpaired) electrons. The predicted molar refractivity (Wildman–Crippen MR) is 147 cm³/mol. The van der Waals surface area contributed by atoms with Crippen LogP contribution in [0, 0.1) is 13.8 Å². The summed E-state index contributed by atoms with van der Waals surface area (Å²) in [6.45, 7) is 5.90. The summed E-state index contributed by atoms with van der Waals surface area (Å²) >= 11 is 6.37. The topological polar surface area (TPSA) is 110 Å². The van der Waals surface area contributed by atoms with Gasteiger partial charge in [0, 0.05) is 38.2 Å². The second kappa shape index (κ2) is 11.0. The van der Waals surface area contributed by atoms with Crippen molar-refractivity contribution < 1.29 is 17.7 Å². The van der Waals surface area contributed by atoms with E-state index in [1.165, 1.54) is 4.90 Å². The van der Waals surface area contributed by atoms with Crippen LogP contribution in [0.15, 0.2) is 57.9 Å². The van der Waals surface area contributed by atoms with E-state index in [4.69, 9.17) is 16.1 Å². The Balaban J connectivity index is 1.66. The van der Waals surface area contributed by atoms with Crippen LogP contribution in [-0.2, 0) is 23.0 Å². The first-order chi connectivity index (χ1) is 18.0. The zero-order valence-electron chi connectivity index (χ0n) is 21.9. The minimum Gasteiger partial charge on any atom is -0.359 e. The number of anilines is 1. The summed E-state index contributed by atoms with van der Waals surface area (Å²) in [5.41, 5.74) is 3.17. The van der Waals surface area contributed by atoms with Crippen LogP contribution in [-0.4, -0.2) is 48.0 Å². The summed E-state index contributed by atoms with van der Waals surface area (Å²) in [6.07, 6.45) is 1.54. The van der Waals surface area contributed by atoms with Crippen molar-refractivity contribution >= 4 is 33.3 Å². The van der Waals surface area contributed by atoms with Crippen LogP contribution >= 0.6 is 11.6 Å². The Hall–Kier alpha value is -3.63. The molecule has 1 amide bonds. The highest BCUT2D eigenvalue weighted by atomic mass is 35.5. The Morgan fingerprint density at radius 2 is 1.79 bits per heavy atom. The van der Waals surface area contributed by atoms with Crippen LogP contribution in [0.1, 0.15) is 46.5 Å². The number of aryl methyl sites for hydroxylation is 2. The molecule has 0 spiro atoms. The molecule has 11 heteroatoms. The van der Waals surface area contributed by atoms with E-state index in [-0.39, 0.29) is 21.8 Å². The van der Waals surface area contributed by atoms with Crippen molar-refractivity contribution in [2.24, 2.45) is 0 Å². The van der Waals surface area contributed by atoms with Gasteiger partial charge in [-0.3, -0.25) is 9.52 Å². The standard InChI is InChI=1S/C27H30ClN5O4S/c1-6-9-23-29-25(28)24(27(34)32(4)5)33(23)16-19-12-14-20(15-13-19)21-10-7-8-11-22(21)38(35,36)31-26-17(2)18(3)37-30-26/h7-8,10-15H,6,9,16H2,1-5H3,(H,30,31). The van der Waals surface area contributed by atoms with Crippen LogP contribution in [0.3, 0.4) is 0 Å². The summed E-state index contributed by atoms with van der Waals surface area (Å²) in [6, 6.07) is 14.3. The number of rotatable bonds is 9. The molecule has 0 aliphatic carbocycles. The molecule has 4 aromatic rings. The summed E-state index contributed by atoms with van der Waals surface area (Å²) in [5, 5.41) is 4.01. The Morgan fingerprint density at radius 1 is 1.11 bits per heavy atom. The Bertz CT molecular complexity index is 1570. The highest BCUT2D eigenvalue weighted by Crippen LogP contribution is 2.30. The lowest BCUT2D eigenvalue weighted by atomic mass is 10.0. The van der Waals surface area contributed by atoms with Crippen molar-refractivity contribution in [3.05, 3.63) is 82.1 Å². The third-order valence-corrected chi connectivity index (χ3v) is 7.92. The number of sulfonamides is 1. The van der Waals surface area contributed by atoms with Crippen LogP contribution < -0.4 is 4.72 Å². The number of nitrogens with one attached hydrogen (secondary N) is 1. The lowest BCUT2D eigenvalue weighted by molar-refractivity contribution is 0.0817. The molecular formula is C27H30ClN5O4S. The van der Waals surface area contributed by atoms with Gasteiger partial charge in [0.15, 0.2) is 11.0 Å². The molecule has 9 nitrogen and oxygen atoms in total. The molecule has 0 saturated heterocycles. The number of benzene rings is 2. The summed E-state index contributed by atoms with van der Waals surface area (Å²) in [7, 11) is -0.581. The monoisotopic (exact) mass is 555 g/mol. The Morgan fingerprint density at radius 3 is 2.39 bits per heavy atom. The van der Waals surface area contributed by atoms with Crippen molar-refractivity contribution in [1.29, 1.82) is 0 Å². The Kier molecular flexibility index (Phi) is 7.94. The molecule has 0 unspecified atom stereocenters. The molecule has 0 aliphatic rings. The van der Waals surface area contributed by atoms with Gasteiger partial charge in [0.2, 0.25) is 0 Å². The van der Waals surface area contributed by atoms with Gasteiger partial charge in [0.05, 0.1) is 4.90 Å². The molecular weight excluding hydrogens is 526 g/mol. The molecule has 38 heavy (non-hydrogen) atoms. The van der Waals surface area contributed by atoms with Crippen molar-refractivity contribution in [3.8, 4) is 11.1 Å². The number of hydrogen-bond acceptors (Lipinski definition) is 6. The maximum Gasteiger partial charge on any atom is 0.273 e. The van der Waals surface area contributed by atoms with Gasteiger partial charge in [-0.15, -0.1) is 0 Å². The number of carbonyl (C=O) groups is 1. The average Bonchev–Trinajstić information content (AvgIpc) is 3.36. The fourth-order valence-electron chi connectivity index (χ4n) is 4.07. The summed E-state index contributed by atoms with van der Waals surface area (Å²) in [4.78, 5) is 18.9. The van der Waals surface area contributed by atoms with Crippen LogP contribution in [0.2, 0.25) is 5.15 Å². The summed E-state index contributed by atoms with van der Waals surface area (Å²) in [5.74, 6) is 1.24. The number of nitrogens with zero attached hydrogens (tertiary/aromatic N) is 4. The first kappa shape index (κ1) is 27.4. The van der Waals surface area contributed by atoms with Crippen LogP contribution in [0.4, 0.5) is 5.82 Å². The first-order valence-electron chi connectivity index (χ1n) is 12.1. The lowest BCUT2D eigenvalue weighted by Crippen LogP contribution is -2.25. The van der Waals surface area contributed by atoms with E-state index in [0.717, 1.165) is 23.4 Å². The van der Waals surface area contributed by atoms with E-state index in [1.807, 2.05) is 35.8 Å². The third kappa shape index (κ3) is 5.46. The fourth-order valence-corrected chi connectivity index (χ4v) is 5.64. The molecule has 2 aromatic heterocycles. The van der Waals surface area contributed by atoms with Crippen molar-refractivity contribution in [2.75, 3.05) is 18.8 Å². The van der Waals surface area contributed by atoms with Crippen molar-refractivity contribution in [3.63, 3.8) is 0 Å². The molecule has 0 saturated carbocycles. The smallest absolute Gasteiger partial charge is 0.273 e. The highest BCUT2D eigenvalue weighted by molar-refractivity contribution is 7.92. The van der Waals surface area contributed by atoms with Gasteiger partial charge in [0.25, 0.3) is 15.9 Å². The minimum atomic E-state index is -3.93. The first-order valence-corrected chi connectivity index (χ1v) is 14.0. The largest absolute Gasteiger partial charge is 0.359 e. The highest BCUT2D eigenvalue weighted by Gasteiger charge is 2.24. The quantitative estimate of drug-likeness (QED) is 0.299. The predicted octanol–water partition coefficient (Wildman–Crippen LogP) is 5.31. The van der Waals surface area contributed by atoms with E-state index < -0.39 is 10.0 Å². The SMILES string of the molecule is CCCc1nc(Cl)c(C(=O)N(C)C)n1Cc1ccc(-c2ccccc2S(=O)(=O)Nc2noc(C)c2C)cc1. The van der Waals surface area contributed by atoms with Crippen LogP contribution in [0.25, 0.3) is 11.1 Å². The van der Waals surface area contributed by atoms with E-state index >= 15 is 0 Å². The molecule has 0 aliphatic heterocycles. The fraction of sp³-hybridized carbons (Fsp3) is 0.296. The zero-order chi connectivity index (χ0) is 27.6. The molecule has 2 heterocycles. The molecule has 0 bridgehead atoms. The maximum atomic E-state index is 13.3. The summed E-state index contributed by atoms with van der Waals surface area (Å²) < 4.78 is 36.0. The van der Waals surface area contributed by atoms with Crippen molar-refractivity contribution in [1.82, 2.24) is 19.6 Å².